The fourth-order valence-corrected chi connectivity index (χ4v) is 4.95. The fraction of sp³-hybridized carbons (Fsp3) is 0.250. The van der Waals surface area contributed by atoms with Crippen LogP contribution < -0.4 is 10.1 Å². The summed E-state index contributed by atoms with van der Waals surface area (Å²) in [4.78, 5) is 18.7. The third-order valence-electron chi connectivity index (χ3n) is 5.38. The Kier molecular flexibility index (Phi) is 7.02. The van der Waals surface area contributed by atoms with Crippen molar-refractivity contribution in [1.29, 1.82) is 0 Å². The van der Waals surface area contributed by atoms with Gasteiger partial charge in [-0.15, -0.1) is 0 Å². The van der Waals surface area contributed by atoms with Gasteiger partial charge in [0.15, 0.2) is 5.75 Å². The summed E-state index contributed by atoms with van der Waals surface area (Å²) in [6.45, 7) is 3.74. The van der Waals surface area contributed by atoms with Crippen LogP contribution in [-0.4, -0.2) is 61.2 Å². The van der Waals surface area contributed by atoms with Gasteiger partial charge >= 0.3 is 0 Å². The predicted molar refractivity (Wildman–Crippen MR) is 126 cm³/mol. The minimum absolute atomic E-state index is 0.166. The highest BCUT2D eigenvalue weighted by Crippen LogP contribution is 2.29. The van der Waals surface area contributed by atoms with Gasteiger partial charge in [0, 0.05) is 38.6 Å². The lowest BCUT2D eigenvalue weighted by Gasteiger charge is -2.33. The SMILES string of the molecule is Cc1ccc(Oc2ccccc2NC(=O)CN2CCN(S(=O)(=O)c3cccnc3)CC2)cc1. The number of benzene rings is 2. The zero-order valence-electron chi connectivity index (χ0n) is 18.3. The third kappa shape index (κ3) is 5.75. The van der Waals surface area contributed by atoms with Crippen LogP contribution in [0, 0.1) is 6.92 Å². The topological polar surface area (TPSA) is 91.8 Å². The van der Waals surface area contributed by atoms with Crippen molar-refractivity contribution in [2.75, 3.05) is 38.0 Å². The molecule has 0 unspecified atom stereocenters. The van der Waals surface area contributed by atoms with Gasteiger partial charge in [-0.1, -0.05) is 29.8 Å². The molecule has 4 rings (SSSR count). The molecule has 1 aliphatic rings. The normalized spacial score (nSPS) is 15.2. The molecule has 1 saturated heterocycles. The number of aromatic nitrogens is 1. The molecule has 1 aliphatic heterocycles. The van der Waals surface area contributed by atoms with Crippen molar-refractivity contribution in [2.45, 2.75) is 11.8 Å². The minimum Gasteiger partial charge on any atom is -0.455 e. The Morgan fingerprint density at radius 2 is 1.73 bits per heavy atom. The summed E-state index contributed by atoms with van der Waals surface area (Å²) in [5.41, 5.74) is 1.72. The number of rotatable bonds is 7. The molecule has 1 aromatic heterocycles. The summed E-state index contributed by atoms with van der Waals surface area (Å²) >= 11 is 0. The van der Waals surface area contributed by atoms with E-state index in [-0.39, 0.29) is 17.3 Å². The van der Waals surface area contributed by atoms with E-state index in [4.69, 9.17) is 4.74 Å². The van der Waals surface area contributed by atoms with Crippen LogP contribution >= 0.6 is 0 Å². The number of amides is 1. The van der Waals surface area contributed by atoms with Crippen molar-refractivity contribution in [3.05, 3.63) is 78.6 Å². The van der Waals surface area contributed by atoms with Gasteiger partial charge in [-0.25, -0.2) is 8.42 Å². The molecule has 1 amide bonds. The van der Waals surface area contributed by atoms with E-state index in [2.05, 4.69) is 10.3 Å². The van der Waals surface area contributed by atoms with E-state index >= 15 is 0 Å². The first-order chi connectivity index (χ1) is 15.9. The Morgan fingerprint density at radius 1 is 1.00 bits per heavy atom. The largest absolute Gasteiger partial charge is 0.455 e. The number of carbonyl (C=O) groups excluding carboxylic acids is 1. The number of nitrogens with zero attached hydrogens (tertiary/aromatic N) is 3. The summed E-state index contributed by atoms with van der Waals surface area (Å²) in [6, 6.07) is 18.1. The maximum absolute atomic E-state index is 12.7. The number of carbonyl (C=O) groups is 1. The standard InChI is InChI=1S/C24H26N4O4S/c1-19-8-10-20(11-9-19)32-23-7-3-2-6-22(23)26-24(29)18-27-13-15-28(16-14-27)33(30,31)21-5-4-12-25-17-21/h2-12,17H,13-16,18H2,1H3,(H,26,29). The molecule has 8 nitrogen and oxygen atoms in total. The van der Waals surface area contributed by atoms with Crippen LogP contribution in [0.3, 0.4) is 0 Å². The van der Waals surface area contributed by atoms with Gasteiger partial charge in [0.2, 0.25) is 15.9 Å². The van der Waals surface area contributed by atoms with Crippen LogP contribution in [-0.2, 0) is 14.8 Å². The van der Waals surface area contributed by atoms with E-state index in [0.29, 0.717) is 43.4 Å². The number of anilines is 1. The summed E-state index contributed by atoms with van der Waals surface area (Å²) in [6.07, 6.45) is 2.89. The van der Waals surface area contributed by atoms with Gasteiger partial charge < -0.3 is 10.1 Å². The Morgan fingerprint density at radius 3 is 2.42 bits per heavy atom. The predicted octanol–water partition coefficient (Wildman–Crippen LogP) is 3.13. The molecule has 0 spiro atoms. The molecular weight excluding hydrogens is 440 g/mol. The molecule has 0 atom stereocenters. The molecule has 1 fully saturated rings. The maximum atomic E-state index is 12.7. The summed E-state index contributed by atoms with van der Waals surface area (Å²) in [5, 5.41) is 2.91. The average Bonchev–Trinajstić information content (AvgIpc) is 2.83. The van der Waals surface area contributed by atoms with Crippen LogP contribution in [0.25, 0.3) is 0 Å². The van der Waals surface area contributed by atoms with Crippen molar-refractivity contribution < 1.29 is 17.9 Å². The number of ether oxygens (including phenoxy) is 1. The Balaban J connectivity index is 1.33. The van der Waals surface area contributed by atoms with Crippen molar-refractivity contribution in [2.24, 2.45) is 0 Å². The summed E-state index contributed by atoms with van der Waals surface area (Å²) in [5.74, 6) is 1.06. The highest BCUT2D eigenvalue weighted by molar-refractivity contribution is 7.89. The van der Waals surface area contributed by atoms with Crippen LogP contribution in [0.1, 0.15) is 5.56 Å². The maximum Gasteiger partial charge on any atom is 0.244 e. The second-order valence-corrected chi connectivity index (χ2v) is 9.77. The zero-order chi connectivity index (χ0) is 23.3. The molecule has 9 heteroatoms. The average molecular weight is 467 g/mol. The molecule has 0 saturated carbocycles. The lowest BCUT2D eigenvalue weighted by molar-refractivity contribution is -0.117. The number of aryl methyl sites for hydroxylation is 1. The summed E-state index contributed by atoms with van der Waals surface area (Å²) < 4.78 is 32.9. The Hall–Kier alpha value is -3.27. The van der Waals surface area contributed by atoms with Crippen LogP contribution in [0.5, 0.6) is 11.5 Å². The number of sulfonamides is 1. The van der Waals surface area contributed by atoms with Gasteiger partial charge in [-0.2, -0.15) is 4.31 Å². The first-order valence-corrected chi connectivity index (χ1v) is 12.1. The summed E-state index contributed by atoms with van der Waals surface area (Å²) in [7, 11) is -3.57. The smallest absolute Gasteiger partial charge is 0.244 e. The number of para-hydroxylation sites is 2. The van der Waals surface area contributed by atoms with Gasteiger partial charge in [0.05, 0.1) is 12.2 Å². The molecule has 0 radical (unpaired) electrons. The molecule has 0 bridgehead atoms. The third-order valence-corrected chi connectivity index (χ3v) is 7.26. The van der Waals surface area contributed by atoms with E-state index in [0.717, 1.165) is 5.56 Å². The van der Waals surface area contributed by atoms with Crippen molar-refractivity contribution in [3.8, 4) is 11.5 Å². The van der Waals surface area contributed by atoms with Crippen molar-refractivity contribution >= 4 is 21.6 Å². The molecule has 1 N–H and O–H groups in total. The molecule has 3 aromatic rings. The van der Waals surface area contributed by atoms with Crippen molar-refractivity contribution in [3.63, 3.8) is 0 Å². The fourth-order valence-electron chi connectivity index (χ4n) is 3.56. The highest BCUT2D eigenvalue weighted by Gasteiger charge is 2.29. The Labute approximate surface area is 193 Å². The van der Waals surface area contributed by atoms with E-state index in [1.807, 2.05) is 48.2 Å². The van der Waals surface area contributed by atoms with Crippen LogP contribution in [0.4, 0.5) is 5.69 Å². The number of hydrogen-bond donors (Lipinski definition) is 1. The lowest BCUT2D eigenvalue weighted by Crippen LogP contribution is -2.50. The first-order valence-electron chi connectivity index (χ1n) is 10.7. The van der Waals surface area contributed by atoms with E-state index in [9.17, 15) is 13.2 Å². The van der Waals surface area contributed by atoms with Gasteiger partial charge in [-0.05, 0) is 43.3 Å². The molecule has 172 valence electrons. The molecule has 0 aliphatic carbocycles. The van der Waals surface area contributed by atoms with E-state index < -0.39 is 10.0 Å². The molecular formula is C24H26N4O4S. The lowest BCUT2D eigenvalue weighted by atomic mass is 10.2. The van der Waals surface area contributed by atoms with E-state index in [1.54, 1.807) is 24.4 Å². The molecule has 2 aromatic carbocycles. The zero-order valence-corrected chi connectivity index (χ0v) is 19.2. The second-order valence-electron chi connectivity index (χ2n) is 7.83. The van der Waals surface area contributed by atoms with E-state index in [1.165, 1.54) is 16.6 Å². The monoisotopic (exact) mass is 466 g/mol. The number of pyridine rings is 1. The molecule has 33 heavy (non-hydrogen) atoms. The van der Waals surface area contributed by atoms with Crippen molar-refractivity contribution in [1.82, 2.24) is 14.2 Å². The quantitative estimate of drug-likeness (QED) is 0.575. The van der Waals surface area contributed by atoms with Gasteiger partial charge in [0.1, 0.15) is 10.6 Å². The Bertz CT molecular complexity index is 1190. The minimum atomic E-state index is -3.57. The first kappa shape index (κ1) is 22.9. The van der Waals surface area contributed by atoms with Gasteiger partial charge in [-0.3, -0.25) is 14.7 Å². The second kappa shape index (κ2) is 10.1. The number of hydrogen-bond acceptors (Lipinski definition) is 6. The number of piperazine rings is 1. The highest BCUT2D eigenvalue weighted by atomic mass is 32.2. The van der Waals surface area contributed by atoms with Crippen LogP contribution in [0.15, 0.2) is 78.0 Å². The molecule has 2 heterocycles. The number of nitrogens with one attached hydrogen (secondary N) is 1. The van der Waals surface area contributed by atoms with Gasteiger partial charge in [0.25, 0.3) is 0 Å². The van der Waals surface area contributed by atoms with Crippen LogP contribution in [0.2, 0.25) is 0 Å².